The van der Waals surface area contributed by atoms with Crippen LogP contribution in [0.1, 0.15) is 22.8 Å². The molecule has 25 heavy (non-hydrogen) atoms. The molecule has 2 aromatic carbocycles. The zero-order chi connectivity index (χ0) is 17.7. The second kappa shape index (κ2) is 6.05. The fraction of sp³-hybridized carbons (Fsp3) is 0.150. The van der Waals surface area contributed by atoms with Gasteiger partial charge >= 0.3 is 158 Å². The van der Waals surface area contributed by atoms with Crippen molar-refractivity contribution in [2.24, 2.45) is 0 Å². The molecular weight excluding hydrogens is 393 g/mol. The van der Waals surface area contributed by atoms with E-state index >= 15 is 0 Å². The number of phenolic OH excluding ortho intramolecular Hbond substituents is 1. The van der Waals surface area contributed by atoms with Gasteiger partial charge in [0.05, 0.1) is 0 Å². The van der Waals surface area contributed by atoms with Gasteiger partial charge in [-0.15, -0.1) is 0 Å². The number of benzene rings is 2. The van der Waals surface area contributed by atoms with Gasteiger partial charge in [0, 0.05) is 0 Å². The van der Waals surface area contributed by atoms with Crippen molar-refractivity contribution in [1.82, 2.24) is 4.98 Å². The molecule has 0 fully saturated rings. The third-order valence-electron chi connectivity index (χ3n) is 4.61. The maximum atomic E-state index is 12.4. The molecule has 2 unspecified atom stereocenters. The number of hydrogen-bond donors (Lipinski definition) is 2. The molecule has 0 saturated heterocycles. The molecule has 4 rings (SSSR count). The van der Waals surface area contributed by atoms with E-state index in [1.807, 2.05) is 18.4 Å². The van der Waals surface area contributed by atoms with Crippen molar-refractivity contribution in [3.63, 3.8) is 0 Å². The SMILES string of the molecule is Cc1cc(O)c(-c2ccc(C(C)[AsH2])cc2)c2c1[nH]c(=O)c1sccc12. The van der Waals surface area contributed by atoms with Crippen LogP contribution in [-0.4, -0.2) is 26.9 Å². The van der Waals surface area contributed by atoms with Gasteiger partial charge in [0.25, 0.3) is 0 Å². The Labute approximate surface area is 157 Å². The van der Waals surface area contributed by atoms with Crippen molar-refractivity contribution in [3.8, 4) is 16.9 Å². The number of aromatic amines is 1. The molecule has 126 valence electrons. The van der Waals surface area contributed by atoms with Crippen molar-refractivity contribution in [2.45, 2.75) is 18.6 Å². The molecule has 0 aliphatic heterocycles. The monoisotopic (exact) mass is 411 g/mol. The molecular formula is C20H18AsNO2S. The van der Waals surface area contributed by atoms with Gasteiger partial charge in [-0.3, -0.25) is 0 Å². The summed E-state index contributed by atoms with van der Waals surface area (Å²) in [6.07, 6.45) is 0. The van der Waals surface area contributed by atoms with E-state index in [0.717, 1.165) is 33.0 Å². The van der Waals surface area contributed by atoms with Crippen LogP contribution in [0.15, 0.2) is 46.6 Å². The van der Waals surface area contributed by atoms with Crippen LogP contribution in [0, 0.1) is 6.92 Å². The van der Waals surface area contributed by atoms with E-state index in [0.29, 0.717) is 9.41 Å². The number of aryl methyl sites for hydroxylation is 1. The summed E-state index contributed by atoms with van der Waals surface area (Å²) in [5.41, 5.74) is 4.60. The van der Waals surface area contributed by atoms with Gasteiger partial charge in [-0.05, 0) is 0 Å². The number of aromatic nitrogens is 1. The van der Waals surface area contributed by atoms with Crippen LogP contribution < -0.4 is 5.56 Å². The Morgan fingerprint density at radius 1 is 1.20 bits per heavy atom. The topological polar surface area (TPSA) is 53.1 Å². The van der Waals surface area contributed by atoms with Crippen LogP contribution >= 0.6 is 11.3 Å². The summed E-state index contributed by atoms with van der Waals surface area (Å²) < 4.78 is 1.21. The fourth-order valence-corrected chi connectivity index (χ4v) is 4.59. The molecule has 5 heteroatoms. The predicted octanol–water partition coefficient (Wildman–Crippen LogP) is 4.12. The summed E-state index contributed by atoms with van der Waals surface area (Å²) in [6.45, 7) is 4.09. The molecule has 0 amide bonds. The molecule has 4 aromatic rings. The zero-order valence-corrected chi connectivity index (χ0v) is 17.2. The quantitative estimate of drug-likeness (QED) is 0.488. The Balaban J connectivity index is 2.13. The van der Waals surface area contributed by atoms with Crippen molar-refractivity contribution < 1.29 is 5.11 Å². The zero-order valence-electron chi connectivity index (χ0n) is 14.0. The summed E-state index contributed by atoms with van der Waals surface area (Å²) in [6, 6.07) is 12.0. The van der Waals surface area contributed by atoms with Crippen LogP contribution in [0.2, 0.25) is 0 Å². The van der Waals surface area contributed by atoms with Gasteiger partial charge in [0.1, 0.15) is 0 Å². The first-order chi connectivity index (χ1) is 12.0. The summed E-state index contributed by atoms with van der Waals surface area (Å²) in [5.74, 6) is 0.242. The molecule has 0 spiro atoms. The molecule has 0 saturated carbocycles. The molecule has 3 nitrogen and oxygen atoms in total. The van der Waals surface area contributed by atoms with E-state index in [1.54, 1.807) is 22.9 Å². The van der Waals surface area contributed by atoms with Crippen molar-refractivity contribution in [2.75, 3.05) is 0 Å². The number of hydrogen-bond acceptors (Lipinski definition) is 3. The number of aromatic hydroxyl groups is 1. The van der Waals surface area contributed by atoms with Gasteiger partial charge < -0.3 is 0 Å². The van der Waals surface area contributed by atoms with Crippen molar-refractivity contribution >= 4 is 49.2 Å². The number of rotatable bonds is 2. The molecule has 2 N–H and O–H groups in total. The molecule has 2 heterocycles. The standard InChI is InChI=1S/C20H18AsNO2S/c1-10-9-15(23)16(13-5-3-12(4-6-13)11(2)21)17-14-7-8-25-19(14)20(24)22-18(10)17/h3-9,11,23H,21H2,1-2H3,(H,22,24). The second-order valence-electron chi connectivity index (χ2n) is 6.37. The fourth-order valence-electron chi connectivity index (χ4n) is 3.33. The van der Waals surface area contributed by atoms with E-state index in [2.05, 4.69) is 36.2 Å². The Bertz CT molecular complexity index is 1160. The number of phenols is 1. The summed E-state index contributed by atoms with van der Waals surface area (Å²) in [7, 11) is 0. The van der Waals surface area contributed by atoms with E-state index in [1.165, 1.54) is 16.9 Å². The maximum absolute atomic E-state index is 12.4. The van der Waals surface area contributed by atoms with Crippen LogP contribution in [-0.2, 0) is 0 Å². The Morgan fingerprint density at radius 2 is 1.92 bits per heavy atom. The first kappa shape index (κ1) is 16.4. The number of pyridine rings is 1. The molecule has 0 radical (unpaired) electrons. The molecule has 0 aliphatic carbocycles. The first-order valence-corrected chi connectivity index (χ1v) is 10.4. The Morgan fingerprint density at radius 3 is 2.60 bits per heavy atom. The molecule has 2 aromatic heterocycles. The first-order valence-electron chi connectivity index (χ1n) is 8.09. The molecule has 2 atom stereocenters. The minimum absolute atomic E-state index is 0.0744. The second-order valence-corrected chi connectivity index (χ2v) is 9.38. The van der Waals surface area contributed by atoms with Crippen LogP contribution in [0.25, 0.3) is 32.1 Å². The summed E-state index contributed by atoms with van der Waals surface area (Å²) >= 11 is 3.12. The Kier molecular flexibility index (Phi) is 3.98. The van der Waals surface area contributed by atoms with Crippen LogP contribution in [0.3, 0.4) is 0 Å². The minimum atomic E-state index is -0.0744. The normalized spacial score (nSPS) is 12.8. The predicted molar refractivity (Wildman–Crippen MR) is 109 cm³/mol. The average molecular weight is 411 g/mol. The number of H-pyrrole nitrogens is 1. The van der Waals surface area contributed by atoms with Crippen molar-refractivity contribution in [3.05, 3.63) is 63.3 Å². The molecule has 0 bridgehead atoms. The van der Waals surface area contributed by atoms with Gasteiger partial charge in [-0.25, -0.2) is 0 Å². The van der Waals surface area contributed by atoms with E-state index < -0.39 is 0 Å². The van der Waals surface area contributed by atoms with Gasteiger partial charge in [0.2, 0.25) is 0 Å². The van der Waals surface area contributed by atoms with E-state index in [9.17, 15) is 9.90 Å². The number of nitrogens with one attached hydrogen (secondary N) is 1. The summed E-state index contributed by atoms with van der Waals surface area (Å²) in [5, 5.41) is 14.4. The number of thiophene rings is 1. The summed E-state index contributed by atoms with van der Waals surface area (Å²) in [4.78, 5) is 15.4. The van der Waals surface area contributed by atoms with Crippen molar-refractivity contribution in [1.29, 1.82) is 0 Å². The third-order valence-corrected chi connectivity index (χ3v) is 6.33. The third kappa shape index (κ3) is 2.61. The van der Waals surface area contributed by atoms with Crippen LogP contribution in [0.4, 0.5) is 0 Å². The van der Waals surface area contributed by atoms with Crippen LogP contribution in [0.5, 0.6) is 5.75 Å². The molecule has 0 aliphatic rings. The van der Waals surface area contributed by atoms with Gasteiger partial charge in [0.15, 0.2) is 0 Å². The van der Waals surface area contributed by atoms with Gasteiger partial charge in [-0.1, -0.05) is 0 Å². The van der Waals surface area contributed by atoms with E-state index in [4.69, 9.17) is 0 Å². The van der Waals surface area contributed by atoms with E-state index in [-0.39, 0.29) is 11.3 Å². The van der Waals surface area contributed by atoms with Gasteiger partial charge in [-0.2, -0.15) is 0 Å². The Hall–Kier alpha value is -2.03. The number of fused-ring (bicyclic) bond motifs is 3. The average Bonchev–Trinajstić information content (AvgIpc) is 3.07.